The van der Waals surface area contributed by atoms with Crippen molar-refractivity contribution >= 4 is 23.5 Å². The summed E-state index contributed by atoms with van der Waals surface area (Å²) in [5.41, 5.74) is 2.02. The molecule has 2 rings (SSSR count). The van der Waals surface area contributed by atoms with E-state index in [2.05, 4.69) is 5.10 Å². The lowest BCUT2D eigenvalue weighted by atomic mass is 10.1. The molecule has 0 aliphatic carbocycles. The smallest absolute Gasteiger partial charge is 0.189 e. The van der Waals surface area contributed by atoms with Gasteiger partial charge in [-0.2, -0.15) is 5.10 Å². The fraction of sp³-hybridized carbons (Fsp3) is 0.143. The molecule has 0 amide bonds. The van der Waals surface area contributed by atoms with E-state index < -0.39 is 0 Å². The maximum absolute atomic E-state index is 12.0. The molecule has 2 aromatic rings. The Kier molecular flexibility index (Phi) is 3.71. The van der Waals surface area contributed by atoms with Crippen molar-refractivity contribution in [1.82, 2.24) is 9.78 Å². The Bertz CT molecular complexity index is 659. The number of rotatable bonds is 3. The molecule has 0 saturated heterocycles. The molecule has 0 radical (unpaired) electrons. The first-order valence-electron chi connectivity index (χ1n) is 5.68. The number of hydrogen-bond acceptors (Lipinski definition) is 3. The van der Waals surface area contributed by atoms with Gasteiger partial charge in [0.15, 0.2) is 5.78 Å². The Labute approximate surface area is 115 Å². The van der Waals surface area contributed by atoms with E-state index in [1.54, 1.807) is 43.1 Å². The van der Waals surface area contributed by atoms with Crippen LogP contribution in [0.2, 0.25) is 5.02 Å². The fourth-order valence-corrected chi connectivity index (χ4v) is 1.92. The van der Waals surface area contributed by atoms with E-state index >= 15 is 0 Å². The average molecular weight is 277 g/mol. The maximum Gasteiger partial charge on any atom is 0.189 e. The second kappa shape index (κ2) is 5.28. The lowest BCUT2D eigenvalue weighted by molar-refractivity contribution is 0.104. The number of allylic oxidation sites excluding steroid dienone is 1. The molecule has 1 aromatic carbocycles. The van der Waals surface area contributed by atoms with E-state index in [4.69, 9.17) is 11.6 Å². The van der Waals surface area contributed by atoms with E-state index in [1.807, 2.05) is 0 Å². The summed E-state index contributed by atoms with van der Waals surface area (Å²) in [7, 11) is 1.77. The largest absolute Gasteiger partial charge is 0.506 e. The Morgan fingerprint density at radius 1 is 1.47 bits per heavy atom. The van der Waals surface area contributed by atoms with Gasteiger partial charge in [-0.1, -0.05) is 23.7 Å². The number of aryl methyl sites for hydroxylation is 2. The summed E-state index contributed by atoms with van der Waals surface area (Å²) in [5, 5.41) is 13.7. The summed E-state index contributed by atoms with van der Waals surface area (Å²) in [6, 6.07) is 4.76. The Balaban J connectivity index is 2.20. The maximum atomic E-state index is 12.0. The molecule has 0 unspecified atom stereocenters. The molecule has 0 fully saturated rings. The number of nitrogens with zero attached hydrogens (tertiary/aromatic N) is 2. The zero-order valence-corrected chi connectivity index (χ0v) is 11.3. The van der Waals surface area contributed by atoms with Crippen LogP contribution in [-0.4, -0.2) is 20.7 Å². The van der Waals surface area contributed by atoms with Crippen LogP contribution in [0.25, 0.3) is 6.08 Å². The van der Waals surface area contributed by atoms with Crippen LogP contribution < -0.4 is 0 Å². The van der Waals surface area contributed by atoms with Crippen molar-refractivity contribution in [3.8, 4) is 5.75 Å². The van der Waals surface area contributed by atoms with Crippen molar-refractivity contribution in [1.29, 1.82) is 0 Å². The Morgan fingerprint density at radius 2 is 2.21 bits per heavy atom. The summed E-state index contributed by atoms with van der Waals surface area (Å²) in [4.78, 5) is 12.0. The van der Waals surface area contributed by atoms with Crippen molar-refractivity contribution in [2.45, 2.75) is 6.92 Å². The second-order valence-corrected chi connectivity index (χ2v) is 4.62. The van der Waals surface area contributed by atoms with Crippen molar-refractivity contribution < 1.29 is 9.90 Å². The average Bonchev–Trinajstić information content (AvgIpc) is 2.70. The summed E-state index contributed by atoms with van der Waals surface area (Å²) >= 11 is 5.79. The van der Waals surface area contributed by atoms with E-state index in [9.17, 15) is 9.90 Å². The molecule has 1 heterocycles. The van der Waals surface area contributed by atoms with Crippen LogP contribution in [0.15, 0.2) is 30.5 Å². The zero-order chi connectivity index (χ0) is 14.0. The Hall–Kier alpha value is -2.07. The summed E-state index contributed by atoms with van der Waals surface area (Å²) in [6.07, 6.45) is 4.80. The van der Waals surface area contributed by atoms with E-state index in [-0.39, 0.29) is 16.6 Å². The number of benzene rings is 1. The van der Waals surface area contributed by atoms with Gasteiger partial charge in [0.1, 0.15) is 5.75 Å². The molecule has 0 saturated carbocycles. The molecular formula is C14H13ClN2O2. The molecule has 1 aromatic heterocycles. The van der Waals surface area contributed by atoms with E-state index in [1.165, 1.54) is 12.1 Å². The number of phenolic OH excluding ortho intramolecular Hbond substituents is 1. The highest BCUT2D eigenvalue weighted by Crippen LogP contribution is 2.24. The molecule has 5 heteroatoms. The van der Waals surface area contributed by atoms with Gasteiger partial charge in [-0.05, 0) is 30.7 Å². The number of carbonyl (C=O) groups is 1. The van der Waals surface area contributed by atoms with Gasteiger partial charge in [0.2, 0.25) is 0 Å². The fourth-order valence-electron chi connectivity index (χ4n) is 1.73. The van der Waals surface area contributed by atoms with Gasteiger partial charge in [-0.15, -0.1) is 0 Å². The summed E-state index contributed by atoms with van der Waals surface area (Å²) in [5.74, 6) is -0.0944. The minimum Gasteiger partial charge on any atom is -0.506 e. The van der Waals surface area contributed by atoms with E-state index in [0.717, 1.165) is 5.56 Å². The predicted octanol–water partition coefficient (Wildman–Crippen LogP) is 2.98. The van der Waals surface area contributed by atoms with E-state index in [0.29, 0.717) is 11.3 Å². The first-order chi connectivity index (χ1) is 8.97. The third-order valence-corrected chi connectivity index (χ3v) is 2.98. The van der Waals surface area contributed by atoms with Crippen molar-refractivity contribution in [3.63, 3.8) is 0 Å². The molecule has 0 atom stereocenters. The number of halogens is 1. The molecule has 0 aliphatic heterocycles. The van der Waals surface area contributed by atoms with Crippen LogP contribution >= 0.6 is 11.6 Å². The summed E-state index contributed by atoms with van der Waals surface area (Å²) < 4.78 is 1.60. The van der Waals surface area contributed by atoms with Crippen LogP contribution in [0.3, 0.4) is 0 Å². The van der Waals surface area contributed by atoms with Crippen molar-refractivity contribution in [2.24, 2.45) is 7.05 Å². The number of ketones is 1. The first kappa shape index (κ1) is 13.4. The van der Waals surface area contributed by atoms with Gasteiger partial charge >= 0.3 is 0 Å². The first-order valence-corrected chi connectivity index (χ1v) is 6.06. The van der Waals surface area contributed by atoms with Crippen molar-refractivity contribution in [3.05, 3.63) is 52.3 Å². The predicted molar refractivity (Wildman–Crippen MR) is 74.4 cm³/mol. The lowest BCUT2D eigenvalue weighted by Crippen LogP contribution is -1.94. The highest BCUT2D eigenvalue weighted by atomic mass is 35.5. The monoisotopic (exact) mass is 276 g/mol. The van der Waals surface area contributed by atoms with Crippen LogP contribution in [-0.2, 0) is 7.05 Å². The molecule has 0 spiro atoms. The quantitative estimate of drug-likeness (QED) is 0.693. The highest BCUT2D eigenvalue weighted by Gasteiger charge is 2.09. The van der Waals surface area contributed by atoms with Crippen LogP contribution in [0.5, 0.6) is 5.75 Å². The van der Waals surface area contributed by atoms with Crippen LogP contribution in [0.4, 0.5) is 0 Å². The third-order valence-electron chi connectivity index (χ3n) is 2.68. The zero-order valence-electron chi connectivity index (χ0n) is 10.6. The molecule has 98 valence electrons. The van der Waals surface area contributed by atoms with Gasteiger partial charge in [0.05, 0.1) is 16.3 Å². The molecule has 1 N–H and O–H groups in total. The molecule has 0 bridgehead atoms. The van der Waals surface area contributed by atoms with Gasteiger partial charge in [0, 0.05) is 13.2 Å². The van der Waals surface area contributed by atoms with Gasteiger partial charge in [-0.25, -0.2) is 0 Å². The SMILES string of the molecule is Cc1nn(C)cc1C(=O)C=Cc1ccc(O)c(Cl)c1. The number of hydrogen-bond donors (Lipinski definition) is 1. The topological polar surface area (TPSA) is 55.1 Å². The van der Waals surface area contributed by atoms with Crippen LogP contribution in [0, 0.1) is 6.92 Å². The summed E-state index contributed by atoms with van der Waals surface area (Å²) in [6.45, 7) is 1.79. The molecular weight excluding hydrogens is 264 g/mol. The Morgan fingerprint density at radius 3 is 2.79 bits per heavy atom. The van der Waals surface area contributed by atoms with Crippen molar-refractivity contribution in [2.75, 3.05) is 0 Å². The van der Waals surface area contributed by atoms with Crippen LogP contribution in [0.1, 0.15) is 21.6 Å². The highest BCUT2D eigenvalue weighted by molar-refractivity contribution is 6.32. The normalized spacial score (nSPS) is 11.1. The third kappa shape index (κ3) is 3.03. The molecule has 19 heavy (non-hydrogen) atoms. The minimum absolute atomic E-state index is 0.0215. The lowest BCUT2D eigenvalue weighted by Gasteiger charge is -1.97. The number of aromatic nitrogens is 2. The standard InChI is InChI=1S/C14H13ClN2O2/c1-9-11(8-17(2)16-9)13(18)5-3-10-4-6-14(19)12(15)7-10/h3-8,19H,1-2H3. The number of aromatic hydroxyl groups is 1. The van der Waals surface area contributed by atoms with Gasteiger partial charge < -0.3 is 5.11 Å². The second-order valence-electron chi connectivity index (χ2n) is 4.21. The molecule has 4 nitrogen and oxygen atoms in total. The van der Waals surface area contributed by atoms with Gasteiger partial charge in [0.25, 0.3) is 0 Å². The number of carbonyl (C=O) groups excluding carboxylic acids is 1. The minimum atomic E-state index is -0.116. The van der Waals surface area contributed by atoms with Gasteiger partial charge in [-0.3, -0.25) is 9.48 Å². The number of phenols is 1. The molecule has 0 aliphatic rings.